The Bertz CT molecular complexity index is 434. The van der Waals surface area contributed by atoms with Gasteiger partial charge in [0.2, 0.25) is 0 Å². The Hall–Kier alpha value is -1.31. The first-order valence-corrected chi connectivity index (χ1v) is 6.65. The van der Waals surface area contributed by atoms with Crippen LogP contribution in [0.25, 0.3) is 0 Å². The van der Waals surface area contributed by atoms with E-state index in [2.05, 4.69) is 39.8 Å². The van der Waals surface area contributed by atoms with Crippen LogP contribution in [0.15, 0.2) is 30.3 Å². The molecule has 1 aromatic carbocycles. The number of hydrogen-bond acceptors (Lipinski definition) is 1. The van der Waals surface area contributed by atoms with Gasteiger partial charge in [0.05, 0.1) is 5.92 Å². The van der Waals surface area contributed by atoms with Gasteiger partial charge in [-0.05, 0) is 28.7 Å². The van der Waals surface area contributed by atoms with Gasteiger partial charge in [0, 0.05) is 0 Å². The molecule has 2 rings (SSSR count). The molecule has 18 heavy (non-hydrogen) atoms. The van der Waals surface area contributed by atoms with Gasteiger partial charge < -0.3 is 5.11 Å². The van der Waals surface area contributed by atoms with Crippen molar-refractivity contribution in [3.63, 3.8) is 0 Å². The second-order valence-corrected chi connectivity index (χ2v) is 6.34. The summed E-state index contributed by atoms with van der Waals surface area (Å²) in [5.41, 5.74) is 1.19. The number of rotatable bonds is 4. The molecule has 98 valence electrons. The van der Waals surface area contributed by atoms with Crippen molar-refractivity contribution in [2.45, 2.75) is 33.6 Å². The fourth-order valence-corrected chi connectivity index (χ4v) is 3.50. The van der Waals surface area contributed by atoms with E-state index in [-0.39, 0.29) is 17.3 Å². The van der Waals surface area contributed by atoms with Gasteiger partial charge in [0.1, 0.15) is 0 Å². The monoisotopic (exact) mass is 246 g/mol. The molecule has 2 nitrogen and oxygen atoms in total. The highest BCUT2D eigenvalue weighted by atomic mass is 16.4. The van der Waals surface area contributed by atoms with E-state index < -0.39 is 5.97 Å². The average molecular weight is 246 g/mol. The number of hydrogen-bond donors (Lipinski definition) is 1. The van der Waals surface area contributed by atoms with Crippen molar-refractivity contribution in [1.29, 1.82) is 0 Å². The first kappa shape index (κ1) is 13.1. The fourth-order valence-electron chi connectivity index (χ4n) is 3.50. The normalized spacial score (nSPS) is 26.9. The summed E-state index contributed by atoms with van der Waals surface area (Å²) in [5.74, 6) is 0.192. The van der Waals surface area contributed by atoms with Gasteiger partial charge in [-0.25, -0.2) is 0 Å². The summed E-state index contributed by atoms with van der Waals surface area (Å²) in [4.78, 5) is 11.3. The summed E-state index contributed by atoms with van der Waals surface area (Å²) in [5, 5.41) is 9.34. The summed E-state index contributed by atoms with van der Waals surface area (Å²) in [6.45, 7) is 8.53. The van der Waals surface area contributed by atoms with Crippen molar-refractivity contribution in [1.82, 2.24) is 0 Å². The molecule has 0 bridgehead atoms. The van der Waals surface area contributed by atoms with E-state index in [1.807, 2.05) is 18.2 Å². The summed E-state index contributed by atoms with van der Waals surface area (Å²) < 4.78 is 0. The van der Waals surface area contributed by atoms with Crippen molar-refractivity contribution in [3.05, 3.63) is 35.9 Å². The second kappa shape index (κ2) is 4.42. The lowest BCUT2D eigenvalue weighted by atomic mass is 9.81. The van der Waals surface area contributed by atoms with Crippen LogP contribution in [0.5, 0.6) is 0 Å². The smallest absolute Gasteiger partial charge is 0.307 e. The van der Waals surface area contributed by atoms with Crippen LogP contribution in [0.1, 0.15) is 39.2 Å². The molecule has 0 aliphatic heterocycles. The number of aliphatic carboxylic acids is 1. The standard InChI is InChI=1S/C16H22O2/c1-10(2)12(11-8-6-5-7-9-11)13-14(15(17)18)16(13,3)4/h5-10,12-14H,1-4H3,(H,17,18)/t12?,13-,14+/m0/s1. The number of carbonyl (C=O) groups is 1. The average Bonchev–Trinajstić information content (AvgIpc) is 2.83. The minimum atomic E-state index is -0.647. The predicted molar refractivity (Wildman–Crippen MR) is 72.4 cm³/mol. The Kier molecular flexibility index (Phi) is 3.22. The van der Waals surface area contributed by atoms with E-state index in [9.17, 15) is 9.90 Å². The zero-order valence-electron chi connectivity index (χ0n) is 11.6. The van der Waals surface area contributed by atoms with Gasteiger partial charge in [-0.1, -0.05) is 58.0 Å². The molecule has 1 unspecified atom stereocenters. The first-order valence-electron chi connectivity index (χ1n) is 6.65. The van der Waals surface area contributed by atoms with Crippen LogP contribution in [0.4, 0.5) is 0 Å². The zero-order valence-corrected chi connectivity index (χ0v) is 11.6. The lowest BCUT2D eigenvalue weighted by Crippen LogP contribution is -2.13. The molecule has 1 aliphatic rings. The van der Waals surface area contributed by atoms with Crippen LogP contribution in [0.2, 0.25) is 0 Å². The van der Waals surface area contributed by atoms with Crippen LogP contribution in [0, 0.1) is 23.2 Å². The summed E-state index contributed by atoms with van der Waals surface area (Å²) >= 11 is 0. The molecule has 1 saturated carbocycles. The Morgan fingerprint density at radius 2 is 1.78 bits per heavy atom. The van der Waals surface area contributed by atoms with Crippen molar-refractivity contribution in [2.75, 3.05) is 0 Å². The highest BCUT2D eigenvalue weighted by Crippen LogP contribution is 2.65. The van der Waals surface area contributed by atoms with Gasteiger partial charge in [-0.2, -0.15) is 0 Å². The molecule has 1 aromatic rings. The molecule has 0 heterocycles. The Morgan fingerprint density at radius 3 is 2.17 bits per heavy atom. The maximum Gasteiger partial charge on any atom is 0.307 e. The zero-order chi connectivity index (χ0) is 13.5. The quantitative estimate of drug-likeness (QED) is 0.877. The third-order valence-corrected chi connectivity index (χ3v) is 4.47. The van der Waals surface area contributed by atoms with Crippen molar-refractivity contribution in [3.8, 4) is 0 Å². The molecule has 1 aliphatic carbocycles. The van der Waals surface area contributed by atoms with Crippen LogP contribution in [-0.4, -0.2) is 11.1 Å². The molecule has 0 spiro atoms. The summed E-state index contributed by atoms with van der Waals surface area (Å²) in [6.07, 6.45) is 0. The third kappa shape index (κ3) is 2.05. The molecule has 2 heteroatoms. The molecular formula is C16H22O2. The maximum absolute atomic E-state index is 11.3. The van der Waals surface area contributed by atoms with E-state index in [1.165, 1.54) is 5.56 Å². The number of carboxylic acids is 1. The lowest BCUT2D eigenvalue weighted by molar-refractivity contribution is -0.139. The number of carboxylic acid groups (broad SMARTS) is 1. The van der Waals surface area contributed by atoms with Gasteiger partial charge in [-0.3, -0.25) is 4.79 Å². The SMILES string of the molecule is CC(C)C(c1ccccc1)[C@H]1[C@H](C(=O)O)C1(C)C. The molecule has 0 radical (unpaired) electrons. The van der Waals surface area contributed by atoms with E-state index in [1.54, 1.807) is 0 Å². The molecule has 0 amide bonds. The van der Waals surface area contributed by atoms with Crippen molar-refractivity contribution >= 4 is 5.97 Å². The molecular weight excluding hydrogens is 224 g/mol. The minimum absolute atomic E-state index is 0.0867. The van der Waals surface area contributed by atoms with E-state index in [4.69, 9.17) is 0 Å². The van der Waals surface area contributed by atoms with Crippen LogP contribution in [-0.2, 0) is 4.79 Å². The lowest BCUT2D eigenvalue weighted by Gasteiger charge is -2.23. The molecule has 1 fully saturated rings. The van der Waals surface area contributed by atoms with Crippen molar-refractivity contribution in [2.24, 2.45) is 23.2 Å². The Balaban J connectivity index is 2.32. The molecule has 0 aromatic heterocycles. The van der Waals surface area contributed by atoms with Crippen LogP contribution >= 0.6 is 0 Å². The highest BCUT2D eigenvalue weighted by Gasteiger charge is 2.65. The van der Waals surface area contributed by atoms with E-state index in [0.29, 0.717) is 11.8 Å². The summed E-state index contributed by atoms with van der Waals surface area (Å²) in [7, 11) is 0. The third-order valence-electron chi connectivity index (χ3n) is 4.47. The fraction of sp³-hybridized carbons (Fsp3) is 0.562. The topological polar surface area (TPSA) is 37.3 Å². The highest BCUT2D eigenvalue weighted by molar-refractivity contribution is 5.76. The van der Waals surface area contributed by atoms with Crippen LogP contribution < -0.4 is 0 Å². The first-order chi connectivity index (χ1) is 8.37. The molecule has 1 N–H and O–H groups in total. The van der Waals surface area contributed by atoms with E-state index in [0.717, 1.165) is 0 Å². The number of benzene rings is 1. The van der Waals surface area contributed by atoms with E-state index >= 15 is 0 Å². The largest absolute Gasteiger partial charge is 0.481 e. The maximum atomic E-state index is 11.3. The molecule has 3 atom stereocenters. The predicted octanol–water partition coefficient (Wildman–Crippen LogP) is 3.78. The minimum Gasteiger partial charge on any atom is -0.481 e. The van der Waals surface area contributed by atoms with Gasteiger partial charge >= 0.3 is 5.97 Å². The van der Waals surface area contributed by atoms with Gasteiger partial charge in [-0.15, -0.1) is 0 Å². The molecule has 0 saturated heterocycles. The van der Waals surface area contributed by atoms with Crippen molar-refractivity contribution < 1.29 is 9.90 Å². The van der Waals surface area contributed by atoms with Gasteiger partial charge in [0.15, 0.2) is 0 Å². The van der Waals surface area contributed by atoms with Crippen LogP contribution in [0.3, 0.4) is 0 Å². The second-order valence-electron chi connectivity index (χ2n) is 6.34. The summed E-state index contributed by atoms with van der Waals surface area (Å²) in [6, 6.07) is 10.3. The Morgan fingerprint density at radius 1 is 1.22 bits per heavy atom. The van der Waals surface area contributed by atoms with Gasteiger partial charge in [0.25, 0.3) is 0 Å². The Labute approximate surface area is 109 Å².